The standard InChI is InChI=1S/C33H34ClN7O3/c34-27-16-22-10-11-29(31(42)40(18-21-6-2-1-3-7-21)20-26(22)25-17-35-38-30(25)27)37-32(43)39-14-12-24(13-15-39)41-19-23-8-4-5-9-28(23)36-33(41)44/h1-9,16-17,24,29H,10-15,18-20H2,(H,35,38)(H,36,44)(H,37,43)/t29-/m1/s1. The van der Waals surface area contributed by atoms with Crippen molar-refractivity contribution in [1.29, 1.82) is 0 Å². The molecule has 226 valence electrons. The van der Waals surface area contributed by atoms with Crippen LogP contribution in [0.2, 0.25) is 5.02 Å². The summed E-state index contributed by atoms with van der Waals surface area (Å²) in [4.78, 5) is 45.9. The van der Waals surface area contributed by atoms with Gasteiger partial charge >= 0.3 is 12.1 Å². The number of piperidine rings is 1. The van der Waals surface area contributed by atoms with E-state index < -0.39 is 6.04 Å². The summed E-state index contributed by atoms with van der Waals surface area (Å²) in [6.07, 6.45) is 4.16. The number of rotatable bonds is 4. The number of urea groups is 2. The number of likely N-dealkylation sites (tertiary alicyclic amines) is 1. The first-order valence-corrected chi connectivity index (χ1v) is 15.5. The maximum Gasteiger partial charge on any atom is 0.322 e. The highest BCUT2D eigenvalue weighted by Gasteiger charge is 2.35. The van der Waals surface area contributed by atoms with Crippen LogP contribution in [-0.2, 0) is 30.8 Å². The van der Waals surface area contributed by atoms with E-state index in [0.717, 1.165) is 38.8 Å². The van der Waals surface area contributed by atoms with E-state index in [1.165, 1.54) is 0 Å². The van der Waals surface area contributed by atoms with Crippen LogP contribution < -0.4 is 10.6 Å². The van der Waals surface area contributed by atoms with Crippen LogP contribution in [0.15, 0.2) is 66.9 Å². The molecule has 0 bridgehead atoms. The highest BCUT2D eigenvalue weighted by atomic mass is 35.5. The third-order valence-corrected chi connectivity index (χ3v) is 9.42. The second-order valence-corrected chi connectivity index (χ2v) is 12.2. The van der Waals surface area contributed by atoms with Crippen LogP contribution in [0.25, 0.3) is 10.9 Å². The first-order chi connectivity index (χ1) is 21.4. The molecule has 11 heteroatoms. The van der Waals surface area contributed by atoms with Crippen molar-refractivity contribution in [2.75, 3.05) is 18.4 Å². The third kappa shape index (κ3) is 5.45. The van der Waals surface area contributed by atoms with Gasteiger partial charge in [0.1, 0.15) is 6.04 Å². The Kier molecular flexibility index (Phi) is 7.59. The summed E-state index contributed by atoms with van der Waals surface area (Å²) in [6, 6.07) is 18.7. The minimum atomic E-state index is -0.680. The number of para-hydroxylation sites is 1. The first-order valence-electron chi connectivity index (χ1n) is 15.1. The van der Waals surface area contributed by atoms with Gasteiger partial charge in [-0.25, -0.2) is 9.59 Å². The van der Waals surface area contributed by atoms with Crippen LogP contribution >= 0.6 is 11.6 Å². The van der Waals surface area contributed by atoms with Crippen molar-refractivity contribution in [1.82, 2.24) is 30.2 Å². The Bertz CT molecular complexity index is 1720. The van der Waals surface area contributed by atoms with Gasteiger partial charge in [-0.15, -0.1) is 0 Å². The lowest BCUT2D eigenvalue weighted by Gasteiger charge is -2.41. The molecule has 3 aliphatic heterocycles. The molecule has 5 amide bonds. The van der Waals surface area contributed by atoms with Crippen molar-refractivity contribution in [3.63, 3.8) is 0 Å². The van der Waals surface area contributed by atoms with Gasteiger partial charge in [0.05, 0.1) is 16.7 Å². The molecule has 0 spiro atoms. The lowest BCUT2D eigenvalue weighted by atomic mass is 9.93. The summed E-state index contributed by atoms with van der Waals surface area (Å²) in [5, 5.41) is 14.7. The largest absolute Gasteiger partial charge is 0.332 e. The van der Waals surface area contributed by atoms with Crippen LogP contribution in [0.5, 0.6) is 0 Å². The lowest BCUT2D eigenvalue weighted by Crippen LogP contribution is -2.56. The Morgan fingerprint density at radius 1 is 0.977 bits per heavy atom. The molecular weight excluding hydrogens is 578 g/mol. The maximum absolute atomic E-state index is 14.1. The van der Waals surface area contributed by atoms with Gasteiger partial charge < -0.3 is 25.3 Å². The fourth-order valence-electron chi connectivity index (χ4n) is 6.71. The smallest absolute Gasteiger partial charge is 0.322 e. The van der Waals surface area contributed by atoms with Crippen LogP contribution in [0.4, 0.5) is 15.3 Å². The fourth-order valence-corrected chi connectivity index (χ4v) is 6.99. The molecular formula is C33H34ClN7O3. The number of carbonyl (C=O) groups is 3. The zero-order chi connectivity index (χ0) is 30.2. The summed E-state index contributed by atoms with van der Waals surface area (Å²) in [6.45, 7) is 2.37. The van der Waals surface area contributed by atoms with Gasteiger partial charge in [-0.2, -0.15) is 5.10 Å². The van der Waals surface area contributed by atoms with Crippen molar-refractivity contribution in [2.24, 2.45) is 0 Å². The van der Waals surface area contributed by atoms with Gasteiger partial charge in [-0.1, -0.05) is 60.1 Å². The number of H-pyrrole nitrogens is 1. The van der Waals surface area contributed by atoms with E-state index in [1.807, 2.05) is 70.5 Å². The average molecular weight is 612 g/mol. The number of nitrogens with zero attached hydrogens (tertiary/aromatic N) is 4. The molecule has 4 aromatic rings. The van der Waals surface area contributed by atoms with Gasteiger partial charge in [0.2, 0.25) is 5.91 Å². The quantitative estimate of drug-likeness (QED) is 0.291. The predicted octanol–water partition coefficient (Wildman–Crippen LogP) is 5.28. The van der Waals surface area contributed by atoms with Crippen LogP contribution in [0.1, 0.15) is 41.5 Å². The minimum absolute atomic E-state index is 0.0396. The Hall–Kier alpha value is -4.57. The van der Waals surface area contributed by atoms with Gasteiger partial charge in [0.25, 0.3) is 0 Å². The molecule has 1 fully saturated rings. The Morgan fingerprint density at radius 3 is 2.57 bits per heavy atom. The van der Waals surface area contributed by atoms with E-state index in [0.29, 0.717) is 63.4 Å². The summed E-state index contributed by atoms with van der Waals surface area (Å²) >= 11 is 6.59. The highest BCUT2D eigenvalue weighted by Crippen LogP contribution is 2.32. The van der Waals surface area contributed by atoms with Crippen molar-refractivity contribution in [3.05, 3.63) is 94.1 Å². The van der Waals surface area contributed by atoms with E-state index in [-0.39, 0.29) is 24.0 Å². The van der Waals surface area contributed by atoms with Gasteiger partial charge in [-0.05, 0) is 60.1 Å². The van der Waals surface area contributed by atoms with Gasteiger partial charge in [0, 0.05) is 49.8 Å². The Balaban J connectivity index is 1.06. The number of nitrogens with one attached hydrogen (secondary N) is 3. The molecule has 7 rings (SSSR count). The molecule has 0 radical (unpaired) electrons. The van der Waals surface area contributed by atoms with E-state index in [4.69, 9.17) is 11.6 Å². The molecule has 44 heavy (non-hydrogen) atoms. The van der Waals surface area contributed by atoms with E-state index >= 15 is 0 Å². The molecule has 1 saturated heterocycles. The number of hydrogen-bond donors (Lipinski definition) is 3. The molecule has 0 unspecified atom stereocenters. The number of benzene rings is 3. The number of aromatic nitrogens is 2. The number of halogens is 1. The number of carbonyl (C=O) groups excluding carboxylic acids is 3. The summed E-state index contributed by atoms with van der Waals surface area (Å²) in [5.41, 5.74) is 5.80. The fraction of sp³-hybridized carbons (Fsp3) is 0.333. The molecule has 0 saturated carbocycles. The van der Waals surface area contributed by atoms with E-state index in [9.17, 15) is 14.4 Å². The topological polar surface area (TPSA) is 114 Å². The number of aryl methyl sites for hydroxylation is 1. The second kappa shape index (κ2) is 11.8. The summed E-state index contributed by atoms with van der Waals surface area (Å²) < 4.78 is 0. The monoisotopic (exact) mass is 611 g/mol. The zero-order valence-corrected chi connectivity index (χ0v) is 25.0. The lowest BCUT2D eigenvalue weighted by molar-refractivity contribution is -0.134. The molecule has 0 aliphatic carbocycles. The number of amides is 5. The Labute approximate surface area is 260 Å². The van der Waals surface area contributed by atoms with E-state index in [2.05, 4.69) is 20.8 Å². The molecule has 10 nitrogen and oxygen atoms in total. The van der Waals surface area contributed by atoms with Crippen molar-refractivity contribution < 1.29 is 14.4 Å². The molecule has 3 N–H and O–H groups in total. The summed E-state index contributed by atoms with van der Waals surface area (Å²) in [7, 11) is 0. The van der Waals surface area contributed by atoms with Crippen LogP contribution in [-0.4, -0.2) is 68.0 Å². The third-order valence-electron chi connectivity index (χ3n) is 9.12. The van der Waals surface area contributed by atoms with Gasteiger partial charge in [-0.3, -0.25) is 9.89 Å². The molecule has 3 aromatic carbocycles. The normalized spacial score (nSPS) is 19.2. The number of fused-ring (bicyclic) bond motifs is 4. The van der Waals surface area contributed by atoms with Crippen LogP contribution in [0.3, 0.4) is 0 Å². The molecule has 3 aliphatic rings. The first kappa shape index (κ1) is 28.2. The number of aromatic amines is 1. The van der Waals surface area contributed by atoms with E-state index in [1.54, 1.807) is 11.1 Å². The van der Waals surface area contributed by atoms with Crippen molar-refractivity contribution >= 4 is 46.2 Å². The molecule has 4 heterocycles. The SMILES string of the molecule is O=C(N[C@@H]1CCc2cc(Cl)c3[nH]ncc3c2CN(Cc2ccccc2)C1=O)N1CCC(N2Cc3ccccc3NC2=O)CC1. The van der Waals surface area contributed by atoms with Gasteiger partial charge in [0.15, 0.2) is 0 Å². The number of anilines is 1. The highest BCUT2D eigenvalue weighted by molar-refractivity contribution is 6.35. The average Bonchev–Trinajstić information content (AvgIpc) is 3.54. The van der Waals surface area contributed by atoms with Crippen molar-refractivity contribution in [2.45, 2.75) is 57.4 Å². The Morgan fingerprint density at radius 2 is 1.75 bits per heavy atom. The van der Waals surface area contributed by atoms with Crippen LogP contribution in [0, 0.1) is 0 Å². The second-order valence-electron chi connectivity index (χ2n) is 11.8. The van der Waals surface area contributed by atoms with Crippen molar-refractivity contribution in [3.8, 4) is 0 Å². The zero-order valence-electron chi connectivity index (χ0n) is 24.3. The molecule has 1 aromatic heterocycles. The maximum atomic E-state index is 14.1. The summed E-state index contributed by atoms with van der Waals surface area (Å²) in [5.74, 6) is -0.113. The predicted molar refractivity (Wildman–Crippen MR) is 168 cm³/mol. The minimum Gasteiger partial charge on any atom is -0.332 e. The molecule has 1 atom stereocenters. The number of hydrogen-bond acceptors (Lipinski definition) is 4.